The number of aryl methyl sites for hydroxylation is 2. The van der Waals surface area contributed by atoms with E-state index in [1.807, 2.05) is 13.0 Å². The van der Waals surface area contributed by atoms with E-state index in [0.717, 1.165) is 54.7 Å². The minimum atomic E-state index is -3.44. The molecule has 1 aliphatic rings. The van der Waals surface area contributed by atoms with Crippen LogP contribution in [0.1, 0.15) is 55.7 Å². The van der Waals surface area contributed by atoms with Crippen LogP contribution in [0.15, 0.2) is 38.7 Å². The Hall–Kier alpha value is -2.39. The van der Waals surface area contributed by atoms with Crippen molar-refractivity contribution in [2.45, 2.75) is 63.9 Å². The van der Waals surface area contributed by atoms with Crippen LogP contribution in [0.4, 0.5) is 0 Å². The van der Waals surface area contributed by atoms with Gasteiger partial charge >= 0.3 is 0 Å². The lowest BCUT2D eigenvalue weighted by molar-refractivity contribution is 0.346. The Morgan fingerprint density at radius 3 is 2.55 bits per heavy atom. The predicted octanol–water partition coefficient (Wildman–Crippen LogP) is 2.84. The Bertz CT molecular complexity index is 973. The van der Waals surface area contributed by atoms with Crippen LogP contribution < -0.4 is 10.6 Å². The van der Waals surface area contributed by atoms with Crippen LogP contribution in [0.25, 0.3) is 0 Å². The highest BCUT2D eigenvalue weighted by atomic mass is 32.2. The number of hydrogen-bond donors (Lipinski definition) is 2. The minimum absolute atomic E-state index is 0.348. The molecule has 1 aromatic carbocycles. The molecular weight excluding hydrogens is 414 g/mol. The van der Waals surface area contributed by atoms with Crippen LogP contribution in [0.3, 0.4) is 0 Å². The van der Waals surface area contributed by atoms with Gasteiger partial charge in [0, 0.05) is 45.2 Å². The maximum absolute atomic E-state index is 12.9. The summed E-state index contributed by atoms with van der Waals surface area (Å²) in [4.78, 5) is 4.62. The van der Waals surface area contributed by atoms with E-state index in [-0.39, 0.29) is 0 Å². The van der Waals surface area contributed by atoms with Gasteiger partial charge in [-0.25, -0.2) is 8.42 Å². The molecule has 0 atom stereocenters. The summed E-state index contributed by atoms with van der Waals surface area (Å²) in [5, 5.41) is 10.7. The number of piperidine rings is 1. The van der Waals surface area contributed by atoms with Crippen molar-refractivity contribution in [3.8, 4) is 0 Å². The smallest absolute Gasteiger partial charge is 0.243 e. The highest BCUT2D eigenvalue weighted by Gasteiger charge is 2.25. The molecule has 2 heterocycles. The second-order valence-electron chi connectivity index (χ2n) is 7.63. The summed E-state index contributed by atoms with van der Waals surface area (Å²) in [5.74, 6) is 1.52. The lowest BCUT2D eigenvalue weighted by Gasteiger charge is -2.26. The van der Waals surface area contributed by atoms with Gasteiger partial charge in [-0.05, 0) is 37.0 Å². The third-order valence-corrected chi connectivity index (χ3v) is 7.47. The molecule has 1 fully saturated rings. The van der Waals surface area contributed by atoms with Crippen molar-refractivity contribution in [1.29, 1.82) is 0 Å². The number of guanidine groups is 1. The van der Waals surface area contributed by atoms with E-state index in [1.54, 1.807) is 29.6 Å². The van der Waals surface area contributed by atoms with Gasteiger partial charge in [-0.2, -0.15) is 4.31 Å². The SMILES string of the molecule is CCc1noc(CC)c1CNC(=NC)NCc1cccc(S(=O)(=O)N2CCCCC2)c1. The Morgan fingerprint density at radius 1 is 1.13 bits per heavy atom. The van der Waals surface area contributed by atoms with Crippen LogP contribution in [0.5, 0.6) is 0 Å². The van der Waals surface area contributed by atoms with E-state index in [4.69, 9.17) is 4.52 Å². The van der Waals surface area contributed by atoms with Gasteiger partial charge in [-0.3, -0.25) is 4.99 Å². The molecule has 0 bridgehead atoms. The van der Waals surface area contributed by atoms with Crippen molar-refractivity contribution < 1.29 is 12.9 Å². The first kappa shape index (κ1) is 23.3. The van der Waals surface area contributed by atoms with Gasteiger partial charge in [-0.1, -0.05) is 37.6 Å². The van der Waals surface area contributed by atoms with Gasteiger partial charge < -0.3 is 15.2 Å². The highest BCUT2D eigenvalue weighted by molar-refractivity contribution is 7.89. The van der Waals surface area contributed by atoms with Crippen LogP contribution in [0, 0.1) is 0 Å². The third-order valence-electron chi connectivity index (χ3n) is 5.57. The topological polar surface area (TPSA) is 99.8 Å². The number of nitrogens with one attached hydrogen (secondary N) is 2. The van der Waals surface area contributed by atoms with Gasteiger partial charge in [0.2, 0.25) is 10.0 Å². The van der Waals surface area contributed by atoms with Crippen LogP contribution in [0.2, 0.25) is 0 Å². The lowest BCUT2D eigenvalue weighted by Crippen LogP contribution is -2.37. The molecular formula is C22H33N5O3S. The Balaban J connectivity index is 1.62. The number of rotatable bonds is 8. The molecule has 8 nitrogen and oxygen atoms in total. The second kappa shape index (κ2) is 10.8. The third kappa shape index (κ3) is 5.65. The van der Waals surface area contributed by atoms with Crippen LogP contribution >= 0.6 is 0 Å². The molecule has 1 aliphatic heterocycles. The molecule has 9 heteroatoms. The van der Waals surface area contributed by atoms with E-state index in [0.29, 0.717) is 37.0 Å². The number of aliphatic imine (C=N–C) groups is 1. The summed E-state index contributed by atoms with van der Waals surface area (Å²) >= 11 is 0. The Labute approximate surface area is 185 Å². The second-order valence-corrected chi connectivity index (χ2v) is 9.57. The number of benzene rings is 1. The molecule has 0 unspecified atom stereocenters. The summed E-state index contributed by atoms with van der Waals surface area (Å²) < 4.78 is 32.9. The molecule has 0 aliphatic carbocycles. The monoisotopic (exact) mass is 447 g/mol. The molecule has 2 N–H and O–H groups in total. The van der Waals surface area contributed by atoms with Crippen molar-refractivity contribution >= 4 is 16.0 Å². The fraction of sp³-hybridized carbons (Fsp3) is 0.545. The van der Waals surface area contributed by atoms with Crippen LogP contribution in [-0.2, 0) is 36.0 Å². The van der Waals surface area contributed by atoms with Crippen molar-refractivity contribution in [2.75, 3.05) is 20.1 Å². The van der Waals surface area contributed by atoms with E-state index >= 15 is 0 Å². The van der Waals surface area contributed by atoms with Gasteiger partial charge in [0.15, 0.2) is 5.96 Å². The molecule has 3 rings (SSSR count). The Kier molecular flexibility index (Phi) is 8.09. The van der Waals surface area contributed by atoms with E-state index in [9.17, 15) is 8.42 Å². The standard InChI is InChI=1S/C22H33N5O3S/c1-4-20-19(21(5-2)30-26-20)16-25-22(23-3)24-15-17-10-9-11-18(14-17)31(28,29)27-12-7-6-8-13-27/h9-11,14H,4-8,12-13,15-16H2,1-3H3,(H2,23,24,25). The largest absolute Gasteiger partial charge is 0.361 e. The first-order valence-corrected chi connectivity index (χ1v) is 12.4. The Morgan fingerprint density at radius 2 is 1.87 bits per heavy atom. The molecule has 31 heavy (non-hydrogen) atoms. The molecule has 1 saturated heterocycles. The molecule has 0 saturated carbocycles. The minimum Gasteiger partial charge on any atom is -0.361 e. The maximum Gasteiger partial charge on any atom is 0.243 e. The van der Waals surface area contributed by atoms with Crippen molar-refractivity contribution in [1.82, 2.24) is 20.1 Å². The van der Waals surface area contributed by atoms with Gasteiger partial charge in [-0.15, -0.1) is 0 Å². The van der Waals surface area contributed by atoms with Crippen LogP contribution in [-0.4, -0.2) is 44.0 Å². The average Bonchev–Trinajstić information content (AvgIpc) is 3.22. The fourth-order valence-corrected chi connectivity index (χ4v) is 5.37. The van der Waals surface area contributed by atoms with E-state index in [1.165, 1.54) is 0 Å². The van der Waals surface area contributed by atoms with E-state index < -0.39 is 10.0 Å². The summed E-state index contributed by atoms with van der Waals surface area (Å²) in [5.41, 5.74) is 2.91. The average molecular weight is 448 g/mol. The predicted molar refractivity (Wildman–Crippen MR) is 121 cm³/mol. The van der Waals surface area contributed by atoms with Crippen molar-refractivity contribution in [2.24, 2.45) is 4.99 Å². The number of hydrogen-bond acceptors (Lipinski definition) is 5. The van der Waals surface area contributed by atoms with Gasteiger partial charge in [0.05, 0.1) is 10.6 Å². The zero-order valence-corrected chi connectivity index (χ0v) is 19.5. The molecule has 170 valence electrons. The number of nitrogens with zero attached hydrogens (tertiary/aromatic N) is 3. The zero-order valence-electron chi connectivity index (χ0n) is 18.6. The fourth-order valence-electron chi connectivity index (χ4n) is 3.79. The first-order valence-electron chi connectivity index (χ1n) is 11.0. The van der Waals surface area contributed by atoms with Gasteiger partial charge in [0.1, 0.15) is 5.76 Å². The first-order chi connectivity index (χ1) is 15.0. The number of aromatic nitrogens is 1. The molecule has 0 amide bonds. The molecule has 0 spiro atoms. The molecule has 0 radical (unpaired) electrons. The molecule has 1 aromatic heterocycles. The normalized spacial score (nSPS) is 15.8. The summed E-state index contributed by atoms with van der Waals surface area (Å²) in [6.45, 7) is 6.33. The lowest BCUT2D eigenvalue weighted by atomic mass is 10.1. The maximum atomic E-state index is 12.9. The summed E-state index contributed by atoms with van der Waals surface area (Å²) in [6, 6.07) is 7.13. The summed E-state index contributed by atoms with van der Waals surface area (Å²) in [7, 11) is -1.73. The highest BCUT2D eigenvalue weighted by Crippen LogP contribution is 2.21. The zero-order chi connectivity index (χ0) is 22.3. The van der Waals surface area contributed by atoms with Crippen molar-refractivity contribution in [3.63, 3.8) is 0 Å². The van der Waals surface area contributed by atoms with Crippen molar-refractivity contribution in [3.05, 3.63) is 46.8 Å². The quantitative estimate of drug-likeness (QED) is 0.477. The number of sulfonamides is 1. The summed E-state index contributed by atoms with van der Waals surface area (Å²) in [6.07, 6.45) is 4.54. The van der Waals surface area contributed by atoms with Gasteiger partial charge in [0.25, 0.3) is 0 Å². The molecule has 2 aromatic rings. The van der Waals surface area contributed by atoms with E-state index in [2.05, 4.69) is 27.7 Å².